The fraction of sp³-hybridized carbons (Fsp3) is 0.412. The standard InChI is InChI=1S/C17H16ClF2N3O3/c18-15-14(22-5-3-17(4-6-22)25-7-8-26-17)10-21-23(16(15)24)13-2-1-11(19)9-12(13)20/h1-2,9-10H,3-8H2. The Hall–Kier alpha value is -2.03. The van der Waals surface area contributed by atoms with Crippen molar-refractivity contribution in [2.75, 3.05) is 31.2 Å². The summed E-state index contributed by atoms with van der Waals surface area (Å²) < 4.78 is 39.2. The van der Waals surface area contributed by atoms with Crippen molar-refractivity contribution < 1.29 is 18.3 Å². The molecule has 0 unspecified atom stereocenters. The average Bonchev–Trinajstić information content (AvgIpc) is 3.07. The Labute approximate surface area is 152 Å². The quantitative estimate of drug-likeness (QED) is 0.797. The fourth-order valence-corrected chi connectivity index (χ4v) is 3.59. The maximum absolute atomic E-state index is 14.0. The molecule has 0 amide bonds. The van der Waals surface area contributed by atoms with E-state index in [0.29, 0.717) is 50.9 Å². The molecule has 3 heterocycles. The SMILES string of the molecule is O=c1c(Cl)c(N2CCC3(CC2)OCCO3)cnn1-c1ccc(F)cc1F. The van der Waals surface area contributed by atoms with E-state index in [9.17, 15) is 13.6 Å². The van der Waals surface area contributed by atoms with E-state index in [4.69, 9.17) is 21.1 Å². The van der Waals surface area contributed by atoms with Crippen molar-refractivity contribution >= 4 is 17.3 Å². The van der Waals surface area contributed by atoms with Gasteiger partial charge in [-0.05, 0) is 12.1 Å². The molecule has 2 fully saturated rings. The van der Waals surface area contributed by atoms with Gasteiger partial charge in [0.1, 0.15) is 16.5 Å². The molecule has 0 bridgehead atoms. The van der Waals surface area contributed by atoms with Gasteiger partial charge in [-0.15, -0.1) is 0 Å². The monoisotopic (exact) mass is 383 g/mol. The molecule has 138 valence electrons. The lowest BCUT2D eigenvalue weighted by Gasteiger charge is -2.38. The summed E-state index contributed by atoms with van der Waals surface area (Å²) in [5, 5.41) is 3.96. The molecule has 0 saturated carbocycles. The number of ether oxygens (including phenoxy) is 2. The second-order valence-electron chi connectivity index (χ2n) is 6.25. The van der Waals surface area contributed by atoms with Gasteiger partial charge < -0.3 is 14.4 Å². The molecule has 2 aliphatic rings. The molecule has 1 spiro atoms. The van der Waals surface area contributed by atoms with Gasteiger partial charge in [0, 0.05) is 32.0 Å². The number of piperidine rings is 1. The van der Waals surface area contributed by atoms with Crippen molar-refractivity contribution in [2.45, 2.75) is 18.6 Å². The van der Waals surface area contributed by atoms with Gasteiger partial charge in [-0.3, -0.25) is 4.79 Å². The smallest absolute Gasteiger partial charge is 0.292 e. The van der Waals surface area contributed by atoms with Gasteiger partial charge in [-0.1, -0.05) is 11.6 Å². The number of halogens is 3. The Bertz CT molecular complexity index is 889. The molecule has 1 aromatic heterocycles. The van der Waals surface area contributed by atoms with Crippen LogP contribution >= 0.6 is 11.6 Å². The molecule has 0 aliphatic carbocycles. The zero-order valence-corrected chi connectivity index (χ0v) is 14.5. The van der Waals surface area contributed by atoms with Gasteiger partial charge in [0.2, 0.25) is 0 Å². The number of benzene rings is 1. The summed E-state index contributed by atoms with van der Waals surface area (Å²) >= 11 is 6.24. The van der Waals surface area contributed by atoms with Crippen molar-refractivity contribution in [3.8, 4) is 5.69 Å². The maximum atomic E-state index is 14.0. The van der Waals surface area contributed by atoms with Crippen LogP contribution in [0.3, 0.4) is 0 Å². The molecular weight excluding hydrogens is 368 g/mol. The van der Waals surface area contributed by atoms with Gasteiger partial charge >= 0.3 is 0 Å². The number of hydrogen-bond donors (Lipinski definition) is 0. The molecule has 9 heteroatoms. The Morgan fingerprint density at radius 2 is 1.81 bits per heavy atom. The van der Waals surface area contributed by atoms with Crippen molar-refractivity contribution in [1.82, 2.24) is 9.78 Å². The molecule has 26 heavy (non-hydrogen) atoms. The predicted molar refractivity (Wildman–Crippen MR) is 90.8 cm³/mol. The number of hydrogen-bond acceptors (Lipinski definition) is 5. The van der Waals surface area contributed by atoms with Crippen molar-refractivity contribution in [3.63, 3.8) is 0 Å². The number of aromatic nitrogens is 2. The van der Waals surface area contributed by atoms with Crippen LogP contribution in [-0.4, -0.2) is 41.9 Å². The highest BCUT2D eigenvalue weighted by molar-refractivity contribution is 6.33. The van der Waals surface area contributed by atoms with Gasteiger partial charge in [-0.25, -0.2) is 8.78 Å². The second-order valence-corrected chi connectivity index (χ2v) is 6.63. The van der Waals surface area contributed by atoms with Crippen LogP contribution in [-0.2, 0) is 9.47 Å². The minimum Gasteiger partial charge on any atom is -0.368 e. The largest absolute Gasteiger partial charge is 0.368 e. The van der Waals surface area contributed by atoms with E-state index in [-0.39, 0.29) is 10.7 Å². The Kier molecular flexibility index (Phi) is 4.42. The van der Waals surface area contributed by atoms with Crippen molar-refractivity contribution in [2.24, 2.45) is 0 Å². The summed E-state index contributed by atoms with van der Waals surface area (Å²) in [6.07, 6.45) is 2.72. The van der Waals surface area contributed by atoms with Gasteiger partial charge in [0.25, 0.3) is 5.56 Å². The molecule has 0 N–H and O–H groups in total. The minimum absolute atomic E-state index is 0.0621. The number of anilines is 1. The summed E-state index contributed by atoms with van der Waals surface area (Å²) in [5.74, 6) is -2.16. The zero-order chi connectivity index (χ0) is 18.3. The third-order valence-electron chi connectivity index (χ3n) is 4.72. The van der Waals surface area contributed by atoms with Crippen LogP contribution in [0.1, 0.15) is 12.8 Å². The predicted octanol–water partition coefficient (Wildman–Crippen LogP) is 2.51. The molecule has 2 aliphatic heterocycles. The molecule has 0 radical (unpaired) electrons. The van der Waals surface area contributed by atoms with Gasteiger partial charge in [0.05, 0.1) is 25.1 Å². The van der Waals surface area contributed by atoms with Crippen molar-refractivity contribution in [1.29, 1.82) is 0 Å². The maximum Gasteiger partial charge on any atom is 0.292 e. The Morgan fingerprint density at radius 1 is 1.12 bits per heavy atom. The van der Waals surface area contributed by atoms with E-state index >= 15 is 0 Å². The molecule has 2 aromatic rings. The summed E-state index contributed by atoms with van der Waals surface area (Å²) in [5.41, 5.74) is -0.346. The number of nitrogens with zero attached hydrogens (tertiary/aromatic N) is 3. The highest BCUT2D eigenvalue weighted by atomic mass is 35.5. The minimum atomic E-state index is -0.890. The van der Waals surface area contributed by atoms with Crippen LogP contribution in [0.15, 0.2) is 29.2 Å². The van der Waals surface area contributed by atoms with Crippen LogP contribution in [0, 0.1) is 11.6 Å². The van der Waals surface area contributed by atoms with Crippen LogP contribution < -0.4 is 10.5 Å². The first kappa shape index (κ1) is 17.4. The van der Waals surface area contributed by atoms with E-state index in [1.54, 1.807) is 0 Å². The van der Waals surface area contributed by atoms with Crippen LogP contribution in [0.5, 0.6) is 0 Å². The highest BCUT2D eigenvalue weighted by Gasteiger charge is 2.40. The van der Waals surface area contributed by atoms with E-state index in [1.165, 1.54) is 6.20 Å². The third-order valence-corrected chi connectivity index (χ3v) is 5.07. The normalized spacial score (nSPS) is 19.3. The summed E-state index contributed by atoms with van der Waals surface area (Å²) in [6.45, 7) is 2.36. The molecular formula is C17H16ClF2N3O3. The summed E-state index contributed by atoms with van der Waals surface area (Å²) in [4.78, 5) is 14.5. The van der Waals surface area contributed by atoms with Gasteiger partial charge in [-0.2, -0.15) is 9.78 Å². The molecule has 1 aromatic carbocycles. The first-order chi connectivity index (χ1) is 12.5. The first-order valence-corrected chi connectivity index (χ1v) is 8.63. The van der Waals surface area contributed by atoms with E-state index in [0.717, 1.165) is 16.8 Å². The van der Waals surface area contributed by atoms with Crippen LogP contribution in [0.4, 0.5) is 14.5 Å². The van der Waals surface area contributed by atoms with E-state index < -0.39 is 23.0 Å². The topological polar surface area (TPSA) is 56.6 Å². The molecule has 6 nitrogen and oxygen atoms in total. The Morgan fingerprint density at radius 3 is 2.46 bits per heavy atom. The molecule has 4 rings (SSSR count). The lowest BCUT2D eigenvalue weighted by atomic mass is 10.0. The highest BCUT2D eigenvalue weighted by Crippen LogP contribution is 2.34. The fourth-order valence-electron chi connectivity index (χ4n) is 3.34. The Balaban J connectivity index is 1.61. The van der Waals surface area contributed by atoms with Crippen LogP contribution in [0.25, 0.3) is 5.69 Å². The van der Waals surface area contributed by atoms with E-state index in [1.807, 2.05) is 4.90 Å². The first-order valence-electron chi connectivity index (χ1n) is 8.25. The second kappa shape index (κ2) is 6.61. The molecule has 2 saturated heterocycles. The zero-order valence-electron chi connectivity index (χ0n) is 13.8. The van der Waals surface area contributed by atoms with E-state index in [2.05, 4.69) is 5.10 Å². The lowest BCUT2D eigenvalue weighted by molar-refractivity contribution is -0.169. The van der Waals surface area contributed by atoms with Crippen LogP contribution in [0.2, 0.25) is 5.02 Å². The lowest BCUT2D eigenvalue weighted by Crippen LogP contribution is -2.45. The van der Waals surface area contributed by atoms with Crippen molar-refractivity contribution in [3.05, 3.63) is 51.4 Å². The molecule has 0 atom stereocenters. The average molecular weight is 384 g/mol. The summed E-state index contributed by atoms with van der Waals surface area (Å²) in [6, 6.07) is 2.89. The third kappa shape index (κ3) is 2.98. The van der Waals surface area contributed by atoms with Gasteiger partial charge in [0.15, 0.2) is 11.6 Å². The summed E-state index contributed by atoms with van der Waals surface area (Å²) in [7, 11) is 0. The number of rotatable bonds is 2.